The van der Waals surface area contributed by atoms with Crippen molar-refractivity contribution in [2.75, 3.05) is 5.32 Å². The van der Waals surface area contributed by atoms with Crippen molar-refractivity contribution in [3.63, 3.8) is 0 Å². The molecule has 0 unspecified atom stereocenters. The maximum atomic E-state index is 11.2. The Bertz CT molecular complexity index is 726. The van der Waals surface area contributed by atoms with Crippen LogP contribution in [0.2, 0.25) is 0 Å². The van der Waals surface area contributed by atoms with Crippen LogP contribution < -0.4 is 10.5 Å². The van der Waals surface area contributed by atoms with Crippen molar-refractivity contribution in [1.29, 1.82) is 0 Å². The van der Waals surface area contributed by atoms with Gasteiger partial charge in [0.1, 0.15) is 10.7 Å². The largest absolute Gasteiger partial charge is 0.363 e. The number of hydrogen-bond donors (Lipinski definition) is 2. The van der Waals surface area contributed by atoms with Gasteiger partial charge in [-0.3, -0.25) is 0 Å². The molecule has 1 aliphatic carbocycles. The van der Waals surface area contributed by atoms with Gasteiger partial charge in [0.15, 0.2) is 0 Å². The van der Waals surface area contributed by atoms with E-state index in [0.29, 0.717) is 5.82 Å². The highest BCUT2D eigenvalue weighted by molar-refractivity contribution is 7.89. The minimum absolute atomic E-state index is 0.0230. The van der Waals surface area contributed by atoms with Crippen LogP contribution >= 0.6 is 0 Å². The minimum Gasteiger partial charge on any atom is -0.363 e. The molecule has 0 spiro atoms. The number of rotatable bonds is 3. The Labute approximate surface area is 117 Å². The van der Waals surface area contributed by atoms with E-state index in [1.807, 2.05) is 12.1 Å². The highest BCUT2D eigenvalue weighted by Gasteiger charge is 2.21. The lowest BCUT2D eigenvalue weighted by Gasteiger charge is -2.14. The molecule has 1 aliphatic rings. The van der Waals surface area contributed by atoms with Crippen molar-refractivity contribution in [3.8, 4) is 0 Å². The second-order valence-electron chi connectivity index (χ2n) is 4.86. The van der Waals surface area contributed by atoms with Gasteiger partial charge >= 0.3 is 0 Å². The van der Waals surface area contributed by atoms with Crippen molar-refractivity contribution in [1.82, 2.24) is 4.98 Å². The minimum atomic E-state index is -3.69. The topological polar surface area (TPSA) is 85.1 Å². The summed E-state index contributed by atoms with van der Waals surface area (Å²) in [6.45, 7) is 0. The van der Waals surface area contributed by atoms with E-state index in [2.05, 4.69) is 22.4 Å². The Kier molecular flexibility index (Phi) is 3.19. The molecule has 104 valence electrons. The summed E-state index contributed by atoms with van der Waals surface area (Å²) >= 11 is 0. The first-order valence-corrected chi connectivity index (χ1v) is 7.92. The molecule has 0 saturated carbocycles. The highest BCUT2D eigenvalue weighted by atomic mass is 32.2. The zero-order valence-corrected chi connectivity index (χ0v) is 11.6. The second-order valence-corrected chi connectivity index (χ2v) is 6.42. The van der Waals surface area contributed by atoms with Crippen LogP contribution in [0.15, 0.2) is 47.5 Å². The van der Waals surface area contributed by atoms with Crippen LogP contribution in [0.3, 0.4) is 0 Å². The molecule has 2 aromatic rings. The Balaban J connectivity index is 1.80. The van der Waals surface area contributed by atoms with Gasteiger partial charge in [0.2, 0.25) is 10.0 Å². The summed E-state index contributed by atoms with van der Waals surface area (Å²) in [6, 6.07) is 11.6. The molecule has 1 atom stereocenters. The number of primary sulfonamides is 1. The van der Waals surface area contributed by atoms with Gasteiger partial charge < -0.3 is 5.32 Å². The molecule has 0 aliphatic heterocycles. The number of nitrogens with two attached hydrogens (primary N) is 1. The molecule has 0 radical (unpaired) electrons. The van der Waals surface area contributed by atoms with Gasteiger partial charge in [-0.2, -0.15) is 0 Å². The van der Waals surface area contributed by atoms with Crippen LogP contribution in [0.1, 0.15) is 23.6 Å². The molecule has 1 aromatic heterocycles. The lowest BCUT2D eigenvalue weighted by atomic mass is 10.1. The molecule has 20 heavy (non-hydrogen) atoms. The molecule has 3 N–H and O–H groups in total. The summed E-state index contributed by atoms with van der Waals surface area (Å²) in [7, 11) is -3.69. The van der Waals surface area contributed by atoms with E-state index in [9.17, 15) is 8.42 Å². The number of pyridine rings is 1. The van der Waals surface area contributed by atoms with Crippen molar-refractivity contribution in [2.45, 2.75) is 23.8 Å². The number of nitrogens with one attached hydrogen (secondary N) is 1. The average Bonchev–Trinajstić information content (AvgIpc) is 2.82. The summed E-state index contributed by atoms with van der Waals surface area (Å²) in [5, 5.41) is 8.37. The van der Waals surface area contributed by atoms with E-state index >= 15 is 0 Å². The zero-order chi connectivity index (χ0) is 14.2. The van der Waals surface area contributed by atoms with Gasteiger partial charge in [-0.15, -0.1) is 0 Å². The van der Waals surface area contributed by atoms with Gasteiger partial charge in [-0.1, -0.05) is 24.3 Å². The van der Waals surface area contributed by atoms with Gasteiger partial charge in [0, 0.05) is 6.20 Å². The quantitative estimate of drug-likeness (QED) is 0.902. The maximum absolute atomic E-state index is 11.2. The van der Waals surface area contributed by atoms with Crippen molar-refractivity contribution in [3.05, 3.63) is 53.7 Å². The van der Waals surface area contributed by atoms with E-state index in [4.69, 9.17) is 5.14 Å². The smallest absolute Gasteiger partial charge is 0.239 e. The fourth-order valence-corrected chi connectivity index (χ4v) is 2.98. The van der Waals surface area contributed by atoms with Crippen LogP contribution in [0.4, 0.5) is 5.82 Å². The molecule has 5 nitrogen and oxygen atoms in total. The third-order valence-electron chi connectivity index (χ3n) is 3.52. The predicted octanol–water partition coefficient (Wildman–Crippen LogP) is 1.83. The maximum Gasteiger partial charge on any atom is 0.239 e. The first-order valence-electron chi connectivity index (χ1n) is 6.37. The molecule has 0 amide bonds. The Morgan fingerprint density at radius 2 is 2.00 bits per heavy atom. The summed E-state index contributed by atoms with van der Waals surface area (Å²) in [5.41, 5.74) is 2.64. The molecule has 0 saturated heterocycles. The van der Waals surface area contributed by atoms with Crippen molar-refractivity contribution < 1.29 is 8.42 Å². The SMILES string of the molecule is NS(=O)(=O)c1ccc(N[C@@H]2CCc3ccccc32)nc1. The molecule has 1 aromatic carbocycles. The van der Waals surface area contributed by atoms with Gasteiger partial charge in [-0.25, -0.2) is 18.5 Å². The van der Waals surface area contributed by atoms with E-state index in [0.717, 1.165) is 12.8 Å². The van der Waals surface area contributed by atoms with Crippen molar-refractivity contribution >= 4 is 15.8 Å². The summed E-state index contributed by atoms with van der Waals surface area (Å²) < 4.78 is 22.3. The normalized spacial score (nSPS) is 17.8. The van der Waals surface area contributed by atoms with Crippen LogP contribution in [0, 0.1) is 0 Å². The molecule has 3 rings (SSSR count). The van der Waals surface area contributed by atoms with E-state index < -0.39 is 10.0 Å². The van der Waals surface area contributed by atoms with Crippen LogP contribution in [-0.4, -0.2) is 13.4 Å². The van der Waals surface area contributed by atoms with Crippen molar-refractivity contribution in [2.24, 2.45) is 5.14 Å². The van der Waals surface area contributed by atoms with Crippen LogP contribution in [0.25, 0.3) is 0 Å². The molecule has 1 heterocycles. The summed E-state index contributed by atoms with van der Waals surface area (Å²) in [4.78, 5) is 4.13. The Morgan fingerprint density at radius 1 is 1.20 bits per heavy atom. The van der Waals surface area contributed by atoms with E-state index in [1.165, 1.54) is 23.4 Å². The number of aromatic nitrogens is 1. The third-order valence-corrected chi connectivity index (χ3v) is 4.42. The first kappa shape index (κ1) is 13.1. The lowest BCUT2D eigenvalue weighted by molar-refractivity contribution is 0.597. The molecule has 6 heteroatoms. The first-order chi connectivity index (χ1) is 9.54. The summed E-state index contributed by atoms with van der Waals surface area (Å²) in [5.74, 6) is 0.652. The number of sulfonamides is 1. The van der Waals surface area contributed by atoms with Gasteiger partial charge in [0.05, 0.1) is 6.04 Å². The molecule has 0 fully saturated rings. The monoisotopic (exact) mass is 289 g/mol. The summed E-state index contributed by atoms with van der Waals surface area (Å²) in [6.07, 6.45) is 3.33. The average molecular weight is 289 g/mol. The van der Waals surface area contributed by atoms with Crippen LogP contribution in [-0.2, 0) is 16.4 Å². The number of fused-ring (bicyclic) bond motifs is 1. The number of nitrogens with zero attached hydrogens (tertiary/aromatic N) is 1. The van der Waals surface area contributed by atoms with E-state index in [1.54, 1.807) is 6.07 Å². The molecular formula is C14H15N3O2S. The number of benzene rings is 1. The predicted molar refractivity (Wildman–Crippen MR) is 76.7 cm³/mol. The standard InChI is InChI=1S/C14H15N3O2S/c15-20(18,19)11-6-8-14(16-9-11)17-13-7-5-10-3-1-2-4-12(10)13/h1-4,6,8-9,13H,5,7H2,(H,16,17)(H2,15,18,19)/t13-/m1/s1. The number of aryl methyl sites for hydroxylation is 1. The van der Waals surface area contributed by atoms with Gasteiger partial charge in [-0.05, 0) is 36.1 Å². The van der Waals surface area contributed by atoms with E-state index in [-0.39, 0.29) is 10.9 Å². The Morgan fingerprint density at radius 3 is 2.70 bits per heavy atom. The zero-order valence-electron chi connectivity index (χ0n) is 10.8. The molecule has 0 bridgehead atoms. The Hall–Kier alpha value is -1.92. The third kappa shape index (κ3) is 2.52. The van der Waals surface area contributed by atoms with Gasteiger partial charge in [0.25, 0.3) is 0 Å². The highest BCUT2D eigenvalue weighted by Crippen LogP contribution is 2.33. The lowest BCUT2D eigenvalue weighted by Crippen LogP contribution is -2.13. The molecular weight excluding hydrogens is 274 g/mol. The fourth-order valence-electron chi connectivity index (χ4n) is 2.52. The number of hydrogen-bond acceptors (Lipinski definition) is 4. The number of anilines is 1. The van der Waals surface area contributed by atoms with Crippen LogP contribution in [0.5, 0.6) is 0 Å². The second kappa shape index (κ2) is 4.88. The fraction of sp³-hybridized carbons (Fsp3) is 0.214.